The smallest absolute Gasteiger partial charge is 0.251 e. The van der Waals surface area contributed by atoms with Gasteiger partial charge in [-0.25, -0.2) is 0 Å². The van der Waals surface area contributed by atoms with Crippen LogP contribution in [-0.2, 0) is 4.79 Å². The van der Waals surface area contributed by atoms with Crippen molar-refractivity contribution >= 4 is 27.7 Å². The first kappa shape index (κ1) is 14.4. The summed E-state index contributed by atoms with van der Waals surface area (Å²) in [4.78, 5) is 23.4. The SMILES string of the molecule is C=C(Br)CNC(=O)C(C)NC(=O)c1ccccc1. The van der Waals surface area contributed by atoms with Crippen LogP contribution in [0, 0.1) is 0 Å². The average molecular weight is 311 g/mol. The molecule has 0 radical (unpaired) electrons. The van der Waals surface area contributed by atoms with Crippen LogP contribution in [0.25, 0.3) is 0 Å². The van der Waals surface area contributed by atoms with E-state index < -0.39 is 6.04 Å². The van der Waals surface area contributed by atoms with Gasteiger partial charge in [-0.15, -0.1) is 0 Å². The average Bonchev–Trinajstić information content (AvgIpc) is 2.36. The molecule has 0 saturated heterocycles. The lowest BCUT2D eigenvalue weighted by molar-refractivity contribution is -0.122. The number of hydrogen-bond donors (Lipinski definition) is 2. The number of halogens is 1. The Labute approximate surface area is 115 Å². The Morgan fingerprint density at radius 2 is 1.94 bits per heavy atom. The summed E-state index contributed by atoms with van der Waals surface area (Å²) in [5, 5.41) is 5.26. The molecule has 2 N–H and O–H groups in total. The van der Waals surface area contributed by atoms with E-state index in [1.807, 2.05) is 6.07 Å². The van der Waals surface area contributed by atoms with Gasteiger partial charge in [-0.2, -0.15) is 0 Å². The second kappa shape index (κ2) is 6.96. The van der Waals surface area contributed by atoms with E-state index in [1.165, 1.54) is 0 Å². The largest absolute Gasteiger partial charge is 0.350 e. The third-order valence-corrected chi connectivity index (χ3v) is 2.51. The van der Waals surface area contributed by atoms with Crippen LogP contribution >= 0.6 is 15.9 Å². The lowest BCUT2D eigenvalue weighted by Crippen LogP contribution is -2.45. The molecule has 5 heteroatoms. The van der Waals surface area contributed by atoms with Crippen LogP contribution in [0.1, 0.15) is 17.3 Å². The number of carbonyl (C=O) groups excluding carboxylic acids is 2. The van der Waals surface area contributed by atoms with E-state index >= 15 is 0 Å². The van der Waals surface area contributed by atoms with Crippen molar-refractivity contribution in [3.63, 3.8) is 0 Å². The van der Waals surface area contributed by atoms with Gasteiger partial charge in [0.1, 0.15) is 6.04 Å². The van der Waals surface area contributed by atoms with Gasteiger partial charge in [-0.1, -0.05) is 40.7 Å². The first-order valence-electron chi connectivity index (χ1n) is 5.47. The molecule has 1 aromatic carbocycles. The Balaban J connectivity index is 2.49. The normalized spacial score (nSPS) is 11.4. The van der Waals surface area contributed by atoms with Crippen molar-refractivity contribution in [3.05, 3.63) is 47.0 Å². The Morgan fingerprint density at radius 3 is 2.50 bits per heavy atom. The van der Waals surface area contributed by atoms with Crippen molar-refractivity contribution in [1.82, 2.24) is 10.6 Å². The molecule has 18 heavy (non-hydrogen) atoms. The summed E-state index contributed by atoms with van der Waals surface area (Å²) >= 11 is 3.14. The first-order chi connectivity index (χ1) is 8.50. The molecule has 0 aliphatic rings. The summed E-state index contributed by atoms with van der Waals surface area (Å²) in [6, 6.07) is 8.17. The molecule has 0 aliphatic heterocycles. The molecule has 0 bridgehead atoms. The van der Waals surface area contributed by atoms with Gasteiger partial charge in [0.15, 0.2) is 0 Å². The molecule has 0 aromatic heterocycles. The van der Waals surface area contributed by atoms with E-state index in [-0.39, 0.29) is 11.8 Å². The van der Waals surface area contributed by atoms with Gasteiger partial charge in [0.05, 0.1) is 0 Å². The van der Waals surface area contributed by atoms with Gasteiger partial charge >= 0.3 is 0 Å². The molecule has 4 nitrogen and oxygen atoms in total. The Kier molecular flexibility index (Phi) is 5.58. The summed E-state index contributed by atoms with van der Waals surface area (Å²) in [6.07, 6.45) is 0. The number of hydrogen-bond acceptors (Lipinski definition) is 2. The molecule has 96 valence electrons. The van der Waals surface area contributed by atoms with E-state index in [0.717, 1.165) is 0 Å². The lowest BCUT2D eigenvalue weighted by atomic mass is 10.2. The van der Waals surface area contributed by atoms with Crippen molar-refractivity contribution in [1.29, 1.82) is 0 Å². The van der Waals surface area contributed by atoms with Gasteiger partial charge in [0.25, 0.3) is 5.91 Å². The summed E-state index contributed by atoms with van der Waals surface area (Å²) in [5.41, 5.74) is 0.530. The van der Waals surface area contributed by atoms with Crippen molar-refractivity contribution < 1.29 is 9.59 Å². The van der Waals surface area contributed by atoms with Crippen molar-refractivity contribution in [2.24, 2.45) is 0 Å². The zero-order chi connectivity index (χ0) is 13.5. The van der Waals surface area contributed by atoms with Crippen molar-refractivity contribution in [2.45, 2.75) is 13.0 Å². The maximum absolute atomic E-state index is 11.8. The predicted octanol–water partition coefficient (Wildman–Crippen LogP) is 1.83. The quantitative estimate of drug-likeness (QED) is 0.871. The molecule has 0 spiro atoms. The topological polar surface area (TPSA) is 58.2 Å². The minimum Gasteiger partial charge on any atom is -0.350 e. The van der Waals surface area contributed by atoms with Gasteiger partial charge in [-0.3, -0.25) is 9.59 Å². The van der Waals surface area contributed by atoms with Gasteiger partial charge in [0, 0.05) is 16.6 Å². The second-order valence-corrected chi connectivity index (χ2v) is 4.92. The number of rotatable bonds is 5. The van der Waals surface area contributed by atoms with Gasteiger partial charge < -0.3 is 10.6 Å². The number of amides is 2. The number of nitrogens with one attached hydrogen (secondary N) is 2. The molecule has 0 aliphatic carbocycles. The first-order valence-corrected chi connectivity index (χ1v) is 6.27. The van der Waals surface area contributed by atoms with Crippen LogP contribution in [0.3, 0.4) is 0 Å². The molecule has 1 aromatic rings. The zero-order valence-electron chi connectivity index (χ0n) is 10.1. The molecule has 1 unspecified atom stereocenters. The van der Waals surface area contributed by atoms with E-state index in [1.54, 1.807) is 31.2 Å². The van der Waals surface area contributed by atoms with E-state index in [4.69, 9.17) is 0 Å². The highest BCUT2D eigenvalue weighted by atomic mass is 79.9. The van der Waals surface area contributed by atoms with E-state index in [2.05, 4.69) is 33.1 Å². The van der Waals surface area contributed by atoms with E-state index in [0.29, 0.717) is 16.6 Å². The minimum atomic E-state index is -0.593. The molecular weight excluding hydrogens is 296 g/mol. The van der Waals surface area contributed by atoms with Crippen LogP contribution in [0.4, 0.5) is 0 Å². The van der Waals surface area contributed by atoms with Crippen LogP contribution in [0.5, 0.6) is 0 Å². The van der Waals surface area contributed by atoms with Gasteiger partial charge in [-0.05, 0) is 19.1 Å². The molecule has 1 atom stereocenters. The molecule has 2 amide bonds. The molecule has 1 rings (SSSR count). The van der Waals surface area contributed by atoms with Crippen molar-refractivity contribution in [2.75, 3.05) is 6.54 Å². The van der Waals surface area contributed by atoms with Crippen LogP contribution in [0.2, 0.25) is 0 Å². The van der Waals surface area contributed by atoms with E-state index in [9.17, 15) is 9.59 Å². The fourth-order valence-electron chi connectivity index (χ4n) is 1.27. The highest BCUT2D eigenvalue weighted by molar-refractivity contribution is 9.11. The second-order valence-electron chi connectivity index (χ2n) is 3.80. The Morgan fingerprint density at radius 1 is 1.33 bits per heavy atom. The summed E-state index contributed by atoms with van der Waals surface area (Å²) in [6.45, 7) is 5.58. The highest BCUT2D eigenvalue weighted by Gasteiger charge is 2.15. The monoisotopic (exact) mass is 310 g/mol. The zero-order valence-corrected chi connectivity index (χ0v) is 11.7. The molecule has 0 heterocycles. The summed E-state index contributed by atoms with van der Waals surface area (Å²) < 4.78 is 0.678. The Hall–Kier alpha value is -1.62. The maximum atomic E-state index is 11.8. The molecule has 0 saturated carbocycles. The highest BCUT2D eigenvalue weighted by Crippen LogP contribution is 2.00. The Bertz CT molecular complexity index is 446. The third kappa shape index (κ3) is 4.71. The van der Waals surface area contributed by atoms with Crippen molar-refractivity contribution in [3.8, 4) is 0 Å². The van der Waals surface area contributed by atoms with Crippen LogP contribution in [-0.4, -0.2) is 24.4 Å². The fraction of sp³-hybridized carbons (Fsp3) is 0.231. The van der Waals surface area contributed by atoms with Crippen LogP contribution in [0.15, 0.2) is 41.4 Å². The lowest BCUT2D eigenvalue weighted by Gasteiger charge is -2.13. The number of benzene rings is 1. The number of carbonyl (C=O) groups is 2. The molecular formula is C13H15BrN2O2. The van der Waals surface area contributed by atoms with Gasteiger partial charge in [0.2, 0.25) is 5.91 Å². The standard InChI is InChI=1S/C13H15BrN2O2/c1-9(14)8-15-12(17)10(2)16-13(18)11-6-4-3-5-7-11/h3-7,10H,1,8H2,2H3,(H,15,17)(H,16,18). The summed E-state index contributed by atoms with van der Waals surface area (Å²) in [7, 11) is 0. The molecule has 0 fully saturated rings. The maximum Gasteiger partial charge on any atom is 0.251 e. The van der Waals surface area contributed by atoms with Crippen LogP contribution < -0.4 is 10.6 Å². The minimum absolute atomic E-state index is 0.250. The third-order valence-electron chi connectivity index (χ3n) is 2.23. The predicted molar refractivity (Wildman–Crippen MR) is 74.4 cm³/mol. The summed E-state index contributed by atoms with van der Waals surface area (Å²) in [5.74, 6) is -0.518. The fourth-order valence-corrected chi connectivity index (χ4v) is 1.41.